The summed E-state index contributed by atoms with van der Waals surface area (Å²) in [7, 11) is 8.62. The molecule has 2 amide bonds. The Kier molecular flexibility index (Phi) is 15.3. The number of fused-ring (bicyclic) bond motifs is 4. The van der Waals surface area contributed by atoms with Crippen LogP contribution in [0.25, 0.3) is 10.8 Å². The zero-order chi connectivity index (χ0) is 54.6. The number of amides is 2. The maximum absolute atomic E-state index is 13.8. The van der Waals surface area contributed by atoms with E-state index in [-0.39, 0.29) is 28.2 Å². The van der Waals surface area contributed by atoms with Gasteiger partial charge in [0.2, 0.25) is 25.7 Å². The molecule has 4 aromatic carbocycles. The van der Waals surface area contributed by atoms with Crippen LogP contribution in [0, 0.1) is 0 Å². The zero-order valence-electron chi connectivity index (χ0n) is 45.3. The highest BCUT2D eigenvalue weighted by Crippen LogP contribution is 2.49. The van der Waals surface area contributed by atoms with Crippen molar-refractivity contribution in [3.63, 3.8) is 0 Å². The summed E-state index contributed by atoms with van der Waals surface area (Å²) in [5, 5.41) is 2.10. The van der Waals surface area contributed by atoms with Gasteiger partial charge in [-0.3, -0.25) is 9.59 Å². The number of allylic oxidation sites excluding steroid dienone is 7. The van der Waals surface area contributed by atoms with E-state index in [9.17, 15) is 31.2 Å². The molecule has 15 nitrogen and oxygen atoms in total. The summed E-state index contributed by atoms with van der Waals surface area (Å²) in [5.74, 6) is -1.89. The van der Waals surface area contributed by atoms with Crippen molar-refractivity contribution >= 4 is 77.5 Å². The van der Waals surface area contributed by atoms with Crippen LogP contribution in [0.5, 0.6) is 0 Å². The average Bonchev–Trinajstić information content (AvgIpc) is 3.84. The highest BCUT2D eigenvalue weighted by molar-refractivity contribution is 8.03. The first-order valence-electron chi connectivity index (χ1n) is 25.3. The second kappa shape index (κ2) is 20.7. The SMILES string of the molecule is CN1/C(=C/C=C2\CCCC(/C=C/C3=[N+](C)c4ccc5c(S(=O)(=O)NCC[N+](C)(C)C)cccc5c4C3(C)C)=C2Sc2ccc(C(=O)ON3C(=O)CCC3=O)cc2)C(C)(C)c2ccc(S(=O)(=O)NCC[N+](C)(C)C)cc21. The van der Waals surface area contributed by atoms with Crippen LogP contribution in [-0.2, 0) is 45.3 Å². The fourth-order valence-electron chi connectivity index (χ4n) is 10.5. The second-order valence-electron chi connectivity index (χ2n) is 22.9. The highest BCUT2D eigenvalue weighted by atomic mass is 32.2. The van der Waals surface area contributed by atoms with Gasteiger partial charge in [0, 0.05) is 69.6 Å². The number of hydrogen-bond acceptors (Lipinski definition) is 10. The molecule has 1 saturated heterocycles. The van der Waals surface area contributed by atoms with Crippen molar-refractivity contribution in [1.82, 2.24) is 14.5 Å². The molecule has 1 aliphatic carbocycles. The summed E-state index contributed by atoms with van der Waals surface area (Å²) in [4.78, 5) is 47.1. The average molecular weight is 1080 g/mol. The lowest BCUT2D eigenvalue weighted by Gasteiger charge is -2.25. The van der Waals surface area contributed by atoms with Crippen LogP contribution in [0.2, 0.25) is 0 Å². The minimum atomic E-state index is -3.81. The smallest absolute Gasteiger partial charge is 0.347 e. The molecule has 2 N–H and O–H groups in total. The number of carbonyl (C=O) groups is 3. The van der Waals surface area contributed by atoms with Crippen molar-refractivity contribution in [3.05, 3.63) is 136 Å². The van der Waals surface area contributed by atoms with Gasteiger partial charge in [-0.25, -0.2) is 31.1 Å². The van der Waals surface area contributed by atoms with Crippen LogP contribution >= 0.6 is 11.8 Å². The Labute approximate surface area is 447 Å². The number of likely N-dealkylation sites (N-methyl/N-ethyl adjacent to an activating group) is 3. The van der Waals surface area contributed by atoms with Crippen molar-refractivity contribution in [2.45, 2.75) is 85.3 Å². The third kappa shape index (κ3) is 11.5. The lowest BCUT2D eigenvalue weighted by atomic mass is 9.78. The van der Waals surface area contributed by atoms with E-state index < -0.39 is 48.7 Å². The first-order chi connectivity index (χ1) is 35.0. The first-order valence-corrected chi connectivity index (χ1v) is 29.1. The molecule has 3 heterocycles. The highest BCUT2D eigenvalue weighted by Gasteiger charge is 2.45. The standard InChI is InChI=1S/C57H72N7O8S3/c1-56(2)45-27-25-42(74(68,69)58-33-35-63(7,8)9)37-47(45)61(6)49(56)29-21-38-15-13-16-39(54(38)73-41-23-19-40(20-24-41)55(67)72-62-51(65)31-32-52(62)66)22-30-50-57(3,4)53-44-17-14-18-48(43(44)26-28-46(53)60(50)5)75(70,71)59-34-36-64(10,11)12/h14,17-30,37,58-59H,13,15-16,31-36H2,1-12H3/q+3. The van der Waals surface area contributed by atoms with Gasteiger partial charge in [0.15, 0.2) is 5.71 Å². The summed E-state index contributed by atoms with van der Waals surface area (Å²) in [6, 6.07) is 21.7. The maximum Gasteiger partial charge on any atom is 0.363 e. The molecule has 8 rings (SSSR count). The Morgan fingerprint density at radius 3 is 2.04 bits per heavy atom. The van der Waals surface area contributed by atoms with Crippen LogP contribution in [0.1, 0.15) is 81.3 Å². The Morgan fingerprint density at radius 2 is 1.40 bits per heavy atom. The molecule has 0 unspecified atom stereocenters. The molecule has 0 aromatic heterocycles. The minimum absolute atomic E-state index is 0.00120. The number of carbonyl (C=O) groups excluding carboxylic acids is 3. The third-order valence-corrected chi connectivity index (χ3v) is 18.8. The molecule has 18 heteroatoms. The van der Waals surface area contributed by atoms with Gasteiger partial charge in [-0.05, 0) is 110 Å². The molecule has 4 aliphatic rings. The molecule has 1 fully saturated rings. The molecule has 0 radical (unpaired) electrons. The largest absolute Gasteiger partial charge is 0.363 e. The third-order valence-electron chi connectivity index (χ3n) is 14.6. The first kappa shape index (κ1) is 55.5. The number of hydrogen-bond donors (Lipinski definition) is 2. The van der Waals surface area contributed by atoms with Gasteiger partial charge in [0.25, 0.3) is 11.8 Å². The van der Waals surface area contributed by atoms with Gasteiger partial charge < -0.3 is 18.7 Å². The molecular formula is C57H72N7O8S3+3. The van der Waals surface area contributed by atoms with Gasteiger partial charge in [0.05, 0.1) is 89.2 Å². The number of thioether (sulfide) groups is 1. The lowest BCUT2D eigenvalue weighted by Crippen LogP contribution is -2.41. The number of quaternary nitrogens is 2. The van der Waals surface area contributed by atoms with Gasteiger partial charge in [0.1, 0.15) is 7.05 Å². The number of sulfonamides is 2. The predicted octanol–water partition coefficient (Wildman–Crippen LogP) is 8.06. The second-order valence-corrected chi connectivity index (χ2v) is 27.5. The van der Waals surface area contributed by atoms with Crippen LogP contribution in [0.3, 0.4) is 0 Å². The normalized spacial score (nSPS) is 19.1. The summed E-state index contributed by atoms with van der Waals surface area (Å²) in [6.07, 6.45) is 11.2. The van der Waals surface area contributed by atoms with E-state index in [1.807, 2.05) is 91.8 Å². The van der Waals surface area contributed by atoms with Gasteiger partial charge in [-0.2, -0.15) is 4.58 Å². The van der Waals surface area contributed by atoms with E-state index in [2.05, 4.69) is 78.0 Å². The Morgan fingerprint density at radius 1 is 0.760 bits per heavy atom. The molecule has 4 aromatic rings. The Balaban J connectivity index is 1.14. The molecular weight excluding hydrogens is 1010 g/mol. The number of nitrogens with one attached hydrogen (secondary N) is 2. The minimum Gasteiger partial charge on any atom is -0.347 e. The molecule has 0 saturated carbocycles. The topological polar surface area (TPSA) is 162 Å². The fourth-order valence-corrected chi connectivity index (χ4v) is 13.8. The number of anilines is 1. The molecule has 3 aliphatic heterocycles. The number of benzene rings is 4. The van der Waals surface area contributed by atoms with Crippen molar-refractivity contribution in [2.24, 2.45) is 0 Å². The van der Waals surface area contributed by atoms with E-state index in [1.54, 1.807) is 42.1 Å². The van der Waals surface area contributed by atoms with Gasteiger partial charge >= 0.3 is 5.97 Å². The molecule has 0 atom stereocenters. The van der Waals surface area contributed by atoms with Crippen molar-refractivity contribution in [2.75, 3.05) is 87.5 Å². The number of hydroxylamine groups is 2. The molecule has 398 valence electrons. The Hall–Kier alpha value is -5.73. The predicted molar refractivity (Wildman–Crippen MR) is 297 cm³/mol. The summed E-state index contributed by atoms with van der Waals surface area (Å²) in [5.41, 5.74) is 7.40. The van der Waals surface area contributed by atoms with Gasteiger partial charge in [-0.15, -0.1) is 5.06 Å². The fraction of sp³-hybridized carbons (Fsp3) is 0.404. The maximum atomic E-state index is 13.8. The van der Waals surface area contributed by atoms with Crippen LogP contribution in [0.15, 0.2) is 134 Å². The molecule has 75 heavy (non-hydrogen) atoms. The molecule has 0 bridgehead atoms. The summed E-state index contributed by atoms with van der Waals surface area (Å²) < 4.78 is 63.7. The van der Waals surface area contributed by atoms with E-state index in [0.717, 1.165) is 79.5 Å². The van der Waals surface area contributed by atoms with E-state index in [1.165, 1.54) is 0 Å². The van der Waals surface area contributed by atoms with E-state index in [4.69, 9.17) is 4.84 Å². The molecule has 0 spiro atoms. The van der Waals surface area contributed by atoms with Crippen LogP contribution < -0.4 is 14.3 Å². The Bertz CT molecular complexity index is 3380. The monoisotopic (exact) mass is 1080 g/mol. The zero-order valence-corrected chi connectivity index (χ0v) is 47.8. The van der Waals surface area contributed by atoms with Crippen LogP contribution in [-0.4, -0.2) is 141 Å². The summed E-state index contributed by atoms with van der Waals surface area (Å²) >= 11 is 1.59. The van der Waals surface area contributed by atoms with Gasteiger partial charge in [-0.1, -0.05) is 56.0 Å². The number of rotatable bonds is 17. The van der Waals surface area contributed by atoms with E-state index in [0.29, 0.717) is 45.6 Å². The number of imide groups is 1. The summed E-state index contributed by atoms with van der Waals surface area (Å²) in [6.45, 7) is 10.6. The van der Waals surface area contributed by atoms with Crippen molar-refractivity contribution < 1.29 is 49.6 Å². The van der Waals surface area contributed by atoms with E-state index >= 15 is 0 Å². The van der Waals surface area contributed by atoms with Crippen molar-refractivity contribution in [3.8, 4) is 0 Å². The van der Waals surface area contributed by atoms with Crippen molar-refractivity contribution in [1.29, 1.82) is 0 Å². The quantitative estimate of drug-likeness (QED) is 0.0601. The van der Waals surface area contributed by atoms with Crippen LogP contribution in [0.4, 0.5) is 11.4 Å². The number of nitrogens with zero attached hydrogens (tertiary/aromatic N) is 5. The lowest BCUT2D eigenvalue weighted by molar-refractivity contribution is -0.869.